The van der Waals surface area contributed by atoms with Crippen molar-refractivity contribution in [2.75, 3.05) is 5.32 Å². The summed E-state index contributed by atoms with van der Waals surface area (Å²) >= 11 is 5.84. The molecule has 0 aliphatic carbocycles. The number of benzene rings is 2. The largest absolute Gasteiger partial charge is 0.416 e. The number of nitro groups is 1. The van der Waals surface area contributed by atoms with E-state index in [0.29, 0.717) is 5.39 Å². The predicted octanol–water partition coefficient (Wildman–Crippen LogP) is 4.76. The molecule has 0 fully saturated rings. The summed E-state index contributed by atoms with van der Waals surface area (Å²) in [5.41, 5.74) is -0.517. The molecule has 0 saturated carbocycles. The van der Waals surface area contributed by atoms with E-state index in [1.807, 2.05) is 0 Å². The SMILES string of the molecule is O=[N+]([O-])c1c(Cl)cccc1CNc1cc(C(F)(F)F)cc2[nH]ncc12. The van der Waals surface area contributed by atoms with E-state index in [-0.39, 0.29) is 34.0 Å². The van der Waals surface area contributed by atoms with Gasteiger partial charge in [0.05, 0.1) is 27.8 Å². The van der Waals surface area contributed by atoms with Gasteiger partial charge in [0.1, 0.15) is 5.02 Å². The summed E-state index contributed by atoms with van der Waals surface area (Å²) in [4.78, 5) is 10.5. The zero-order valence-corrected chi connectivity index (χ0v) is 13.1. The minimum absolute atomic E-state index is 0.0400. The van der Waals surface area contributed by atoms with E-state index in [1.54, 1.807) is 0 Å². The van der Waals surface area contributed by atoms with Gasteiger partial charge in [-0.3, -0.25) is 15.2 Å². The number of aromatic amines is 1. The molecule has 0 radical (unpaired) electrons. The van der Waals surface area contributed by atoms with Gasteiger partial charge in [-0.1, -0.05) is 23.7 Å². The lowest BCUT2D eigenvalue weighted by Crippen LogP contribution is -2.08. The summed E-state index contributed by atoms with van der Waals surface area (Å²) in [6.07, 6.45) is -3.15. The molecule has 25 heavy (non-hydrogen) atoms. The lowest BCUT2D eigenvalue weighted by molar-refractivity contribution is -0.385. The molecule has 0 aliphatic heterocycles. The van der Waals surface area contributed by atoms with E-state index in [1.165, 1.54) is 24.4 Å². The van der Waals surface area contributed by atoms with Crippen molar-refractivity contribution in [3.8, 4) is 0 Å². The molecule has 0 saturated heterocycles. The van der Waals surface area contributed by atoms with Crippen molar-refractivity contribution in [2.24, 2.45) is 0 Å². The molecular weight excluding hydrogens is 361 g/mol. The molecule has 0 aliphatic rings. The number of nitrogens with zero attached hydrogens (tertiary/aromatic N) is 2. The van der Waals surface area contributed by atoms with Gasteiger partial charge >= 0.3 is 6.18 Å². The fourth-order valence-corrected chi connectivity index (χ4v) is 2.72. The zero-order chi connectivity index (χ0) is 18.2. The number of nitrogens with one attached hydrogen (secondary N) is 2. The highest BCUT2D eigenvalue weighted by molar-refractivity contribution is 6.32. The smallest absolute Gasteiger partial charge is 0.380 e. The average Bonchev–Trinajstić information content (AvgIpc) is 2.99. The second-order valence-electron chi connectivity index (χ2n) is 5.21. The number of alkyl halides is 3. The quantitative estimate of drug-likeness (QED) is 0.512. The highest BCUT2D eigenvalue weighted by Gasteiger charge is 2.31. The van der Waals surface area contributed by atoms with Gasteiger partial charge in [0.2, 0.25) is 0 Å². The van der Waals surface area contributed by atoms with E-state index in [2.05, 4.69) is 15.5 Å². The van der Waals surface area contributed by atoms with Crippen LogP contribution in [0.2, 0.25) is 5.02 Å². The van der Waals surface area contributed by atoms with E-state index < -0.39 is 16.7 Å². The number of halogens is 4. The number of nitro benzene ring substituents is 1. The number of aromatic nitrogens is 2. The Labute approximate surface area is 143 Å². The number of fused-ring (bicyclic) bond motifs is 1. The number of H-pyrrole nitrogens is 1. The number of para-hydroxylation sites is 1. The molecule has 3 aromatic rings. The molecule has 10 heteroatoms. The number of rotatable bonds is 4. The van der Waals surface area contributed by atoms with Crippen LogP contribution >= 0.6 is 11.6 Å². The first-order valence-electron chi connectivity index (χ1n) is 6.97. The van der Waals surface area contributed by atoms with E-state index >= 15 is 0 Å². The molecule has 2 aromatic carbocycles. The van der Waals surface area contributed by atoms with E-state index in [9.17, 15) is 23.3 Å². The number of hydrogen-bond donors (Lipinski definition) is 2. The van der Waals surface area contributed by atoms with E-state index in [4.69, 9.17) is 11.6 Å². The van der Waals surface area contributed by atoms with Crippen molar-refractivity contribution in [3.63, 3.8) is 0 Å². The fourth-order valence-electron chi connectivity index (χ4n) is 2.46. The van der Waals surface area contributed by atoms with Gasteiger partial charge in [-0.2, -0.15) is 18.3 Å². The van der Waals surface area contributed by atoms with Crippen LogP contribution in [0.15, 0.2) is 36.5 Å². The molecule has 130 valence electrons. The van der Waals surface area contributed by atoms with Gasteiger partial charge in [0.25, 0.3) is 5.69 Å². The van der Waals surface area contributed by atoms with Crippen molar-refractivity contribution in [1.82, 2.24) is 10.2 Å². The standard InChI is InChI=1S/C15H10ClF3N4O2/c16-11-3-1-2-8(14(11)23(24)25)6-20-12-4-9(15(17,18)19)5-13-10(12)7-21-22-13/h1-5,7,20H,6H2,(H,21,22). The van der Waals surface area contributed by atoms with Gasteiger partial charge < -0.3 is 5.32 Å². The second-order valence-corrected chi connectivity index (χ2v) is 5.62. The highest BCUT2D eigenvalue weighted by atomic mass is 35.5. The van der Waals surface area contributed by atoms with Crippen LogP contribution in [0.3, 0.4) is 0 Å². The average molecular weight is 371 g/mol. The Kier molecular flexibility index (Phi) is 4.25. The third-order valence-electron chi connectivity index (χ3n) is 3.61. The first-order chi connectivity index (χ1) is 11.8. The van der Waals surface area contributed by atoms with Gasteiger partial charge in [0.15, 0.2) is 0 Å². The fraction of sp³-hybridized carbons (Fsp3) is 0.133. The molecule has 0 atom stereocenters. The van der Waals surface area contributed by atoms with Crippen LogP contribution in [0.25, 0.3) is 10.9 Å². The summed E-state index contributed by atoms with van der Waals surface area (Å²) in [7, 11) is 0. The highest BCUT2D eigenvalue weighted by Crippen LogP contribution is 2.35. The van der Waals surface area contributed by atoms with Crippen molar-refractivity contribution >= 4 is 33.9 Å². The zero-order valence-electron chi connectivity index (χ0n) is 12.4. The van der Waals surface area contributed by atoms with Crippen LogP contribution in [-0.2, 0) is 12.7 Å². The van der Waals surface area contributed by atoms with Gasteiger partial charge in [-0.05, 0) is 18.2 Å². The minimum atomic E-state index is -4.53. The summed E-state index contributed by atoms with van der Waals surface area (Å²) in [5.74, 6) is 0. The van der Waals surface area contributed by atoms with Crippen molar-refractivity contribution < 1.29 is 18.1 Å². The summed E-state index contributed by atoms with van der Waals surface area (Å²) in [5, 5.41) is 20.6. The van der Waals surface area contributed by atoms with E-state index in [0.717, 1.165) is 12.1 Å². The molecule has 1 heterocycles. The summed E-state index contributed by atoms with van der Waals surface area (Å²) in [6.45, 7) is -0.0710. The Bertz CT molecular complexity index is 956. The minimum Gasteiger partial charge on any atom is -0.380 e. The van der Waals surface area contributed by atoms with Gasteiger partial charge in [0, 0.05) is 17.6 Å². The Morgan fingerprint density at radius 3 is 2.76 bits per heavy atom. The molecular formula is C15H10ClF3N4O2. The predicted molar refractivity (Wildman–Crippen MR) is 86.5 cm³/mol. The third kappa shape index (κ3) is 3.36. The molecule has 1 aromatic heterocycles. The van der Waals surface area contributed by atoms with Crippen molar-refractivity contribution in [3.05, 3.63) is 62.8 Å². The number of hydrogen-bond acceptors (Lipinski definition) is 4. The maximum Gasteiger partial charge on any atom is 0.416 e. The van der Waals surface area contributed by atoms with Crippen LogP contribution in [0, 0.1) is 10.1 Å². The summed E-state index contributed by atoms with van der Waals surface area (Å²) in [6, 6.07) is 6.29. The third-order valence-corrected chi connectivity index (χ3v) is 3.91. The monoisotopic (exact) mass is 370 g/mol. The Morgan fingerprint density at radius 2 is 2.08 bits per heavy atom. The molecule has 0 unspecified atom stereocenters. The second kappa shape index (κ2) is 6.25. The van der Waals surface area contributed by atoms with Crippen molar-refractivity contribution in [1.29, 1.82) is 0 Å². The van der Waals surface area contributed by atoms with Crippen LogP contribution in [0.5, 0.6) is 0 Å². The first kappa shape index (κ1) is 17.0. The van der Waals surface area contributed by atoms with Crippen LogP contribution < -0.4 is 5.32 Å². The number of anilines is 1. The first-order valence-corrected chi connectivity index (χ1v) is 7.35. The lowest BCUT2D eigenvalue weighted by Gasteiger charge is -2.12. The lowest BCUT2D eigenvalue weighted by atomic mass is 10.1. The molecule has 2 N–H and O–H groups in total. The maximum absolute atomic E-state index is 13.0. The summed E-state index contributed by atoms with van der Waals surface area (Å²) < 4.78 is 39.1. The molecule has 0 spiro atoms. The Hall–Kier alpha value is -2.81. The maximum atomic E-state index is 13.0. The molecule has 0 amide bonds. The Balaban J connectivity index is 1.98. The van der Waals surface area contributed by atoms with Crippen molar-refractivity contribution in [2.45, 2.75) is 12.7 Å². The molecule has 6 nitrogen and oxygen atoms in total. The van der Waals surface area contributed by atoms with Crippen LogP contribution in [0.1, 0.15) is 11.1 Å². The Morgan fingerprint density at radius 1 is 1.32 bits per heavy atom. The van der Waals surface area contributed by atoms with Gasteiger partial charge in [-0.25, -0.2) is 0 Å². The molecule has 0 bridgehead atoms. The van der Waals surface area contributed by atoms with Crippen LogP contribution in [-0.4, -0.2) is 15.1 Å². The van der Waals surface area contributed by atoms with Gasteiger partial charge in [-0.15, -0.1) is 0 Å². The topological polar surface area (TPSA) is 83.9 Å². The molecule has 3 rings (SSSR count). The van der Waals surface area contributed by atoms with Crippen LogP contribution in [0.4, 0.5) is 24.5 Å². The normalized spacial score (nSPS) is 11.7.